The van der Waals surface area contributed by atoms with E-state index in [0.717, 1.165) is 44.5 Å². The van der Waals surface area contributed by atoms with Crippen LogP contribution in [0.25, 0.3) is 6.08 Å². The Morgan fingerprint density at radius 2 is 2.04 bits per heavy atom. The summed E-state index contributed by atoms with van der Waals surface area (Å²) in [5.41, 5.74) is 1.12. The lowest BCUT2D eigenvalue weighted by molar-refractivity contribution is -0.0854. The lowest BCUT2D eigenvalue weighted by Crippen LogP contribution is -2.51. The molecule has 1 N–H and O–H groups in total. The molecule has 3 rings (SSSR count). The van der Waals surface area contributed by atoms with Gasteiger partial charge in [-0.3, -0.25) is 4.90 Å². The minimum Gasteiger partial charge on any atom is -0.497 e. The van der Waals surface area contributed by atoms with Crippen LogP contribution >= 0.6 is 0 Å². The highest BCUT2D eigenvalue weighted by molar-refractivity contribution is 5.50. The first-order valence-electron chi connectivity index (χ1n) is 8.45. The molecular formula is C19H27NO3. The molecule has 4 nitrogen and oxygen atoms in total. The van der Waals surface area contributed by atoms with Crippen molar-refractivity contribution in [3.8, 4) is 5.75 Å². The van der Waals surface area contributed by atoms with Gasteiger partial charge in [-0.15, -0.1) is 0 Å². The fourth-order valence-corrected chi connectivity index (χ4v) is 4.03. The fourth-order valence-electron chi connectivity index (χ4n) is 4.03. The van der Waals surface area contributed by atoms with Crippen molar-refractivity contribution in [2.45, 2.75) is 43.4 Å². The van der Waals surface area contributed by atoms with E-state index in [1.807, 2.05) is 19.2 Å². The van der Waals surface area contributed by atoms with E-state index in [4.69, 9.17) is 9.47 Å². The Bertz CT molecular complexity index is 542. The molecule has 0 amide bonds. The van der Waals surface area contributed by atoms with Gasteiger partial charge in [-0.2, -0.15) is 0 Å². The van der Waals surface area contributed by atoms with Crippen molar-refractivity contribution in [1.82, 2.24) is 4.90 Å². The molecular weight excluding hydrogens is 290 g/mol. The van der Waals surface area contributed by atoms with Gasteiger partial charge in [-0.25, -0.2) is 0 Å². The van der Waals surface area contributed by atoms with Crippen molar-refractivity contribution >= 4 is 6.08 Å². The first kappa shape index (κ1) is 16.5. The SMILES string of the molecule is COc1ccc(C=CCN2CC[C@]3(OC)CC[C@@H](O)C[C@H]23)cc1. The number of aliphatic hydroxyl groups excluding tert-OH is 1. The van der Waals surface area contributed by atoms with Crippen LogP contribution in [0.15, 0.2) is 30.3 Å². The third-order valence-corrected chi connectivity index (χ3v) is 5.44. The molecule has 1 aromatic carbocycles. The molecule has 0 aromatic heterocycles. The standard InChI is InChI=1S/C19H27NO3/c1-22-17-7-5-15(6-8-17)4-3-12-20-13-11-19(23-2)10-9-16(21)14-18(19)20/h3-8,16,18,21H,9-14H2,1-2H3/t16-,18+,19-/m1/s1. The van der Waals surface area contributed by atoms with E-state index in [0.29, 0.717) is 6.04 Å². The molecule has 2 aliphatic rings. The lowest BCUT2D eigenvalue weighted by atomic mass is 9.79. The largest absolute Gasteiger partial charge is 0.497 e. The molecule has 1 aromatic rings. The van der Waals surface area contributed by atoms with Crippen molar-refractivity contribution < 1.29 is 14.6 Å². The van der Waals surface area contributed by atoms with Gasteiger partial charge in [0.1, 0.15) is 5.75 Å². The Hall–Kier alpha value is -1.36. The van der Waals surface area contributed by atoms with Gasteiger partial charge in [0.2, 0.25) is 0 Å². The van der Waals surface area contributed by atoms with E-state index < -0.39 is 0 Å². The number of fused-ring (bicyclic) bond motifs is 1. The summed E-state index contributed by atoms with van der Waals surface area (Å²) >= 11 is 0. The smallest absolute Gasteiger partial charge is 0.118 e. The Balaban J connectivity index is 1.62. The zero-order valence-electron chi connectivity index (χ0n) is 14.1. The third-order valence-electron chi connectivity index (χ3n) is 5.44. The van der Waals surface area contributed by atoms with Gasteiger partial charge in [0.15, 0.2) is 0 Å². The van der Waals surface area contributed by atoms with Crippen LogP contribution in [-0.4, -0.2) is 55.1 Å². The van der Waals surface area contributed by atoms with Crippen molar-refractivity contribution in [2.24, 2.45) is 0 Å². The highest BCUT2D eigenvalue weighted by atomic mass is 16.5. The molecule has 3 atom stereocenters. The summed E-state index contributed by atoms with van der Waals surface area (Å²) in [6.07, 6.45) is 7.88. The normalized spacial score (nSPS) is 31.4. The fraction of sp³-hybridized carbons (Fsp3) is 0.579. The molecule has 1 saturated carbocycles. The van der Waals surface area contributed by atoms with Crippen LogP contribution in [0, 0.1) is 0 Å². The first-order valence-corrected chi connectivity index (χ1v) is 8.45. The first-order chi connectivity index (χ1) is 11.2. The number of aliphatic hydroxyl groups is 1. The van der Waals surface area contributed by atoms with Crippen LogP contribution in [0.4, 0.5) is 0 Å². The summed E-state index contributed by atoms with van der Waals surface area (Å²) in [6, 6.07) is 8.40. The summed E-state index contributed by atoms with van der Waals surface area (Å²) in [6.45, 7) is 1.94. The summed E-state index contributed by atoms with van der Waals surface area (Å²) in [5.74, 6) is 0.878. The van der Waals surface area contributed by atoms with Crippen LogP contribution in [0.3, 0.4) is 0 Å². The van der Waals surface area contributed by atoms with E-state index in [2.05, 4.69) is 29.2 Å². The predicted molar refractivity (Wildman–Crippen MR) is 91.6 cm³/mol. The second-order valence-corrected chi connectivity index (χ2v) is 6.63. The number of rotatable bonds is 5. The molecule has 0 bridgehead atoms. The predicted octanol–water partition coefficient (Wildman–Crippen LogP) is 2.71. The van der Waals surface area contributed by atoms with Crippen molar-refractivity contribution in [3.05, 3.63) is 35.9 Å². The molecule has 0 unspecified atom stereocenters. The van der Waals surface area contributed by atoms with Gasteiger partial charge in [-0.1, -0.05) is 24.3 Å². The number of benzene rings is 1. The van der Waals surface area contributed by atoms with E-state index in [1.165, 1.54) is 5.56 Å². The Labute approximate surface area is 138 Å². The Kier molecular flexibility index (Phi) is 5.05. The second-order valence-electron chi connectivity index (χ2n) is 6.63. The summed E-state index contributed by atoms with van der Waals surface area (Å²) in [5, 5.41) is 10.0. The Morgan fingerprint density at radius 1 is 1.26 bits per heavy atom. The summed E-state index contributed by atoms with van der Waals surface area (Å²) in [4.78, 5) is 2.45. The van der Waals surface area contributed by atoms with Crippen LogP contribution in [0.1, 0.15) is 31.2 Å². The van der Waals surface area contributed by atoms with Crippen LogP contribution in [0.5, 0.6) is 5.75 Å². The maximum atomic E-state index is 10.0. The van der Waals surface area contributed by atoms with E-state index in [1.54, 1.807) is 7.11 Å². The summed E-state index contributed by atoms with van der Waals surface area (Å²) in [7, 11) is 3.50. The van der Waals surface area contributed by atoms with Crippen LogP contribution in [0.2, 0.25) is 0 Å². The maximum Gasteiger partial charge on any atom is 0.118 e. The average Bonchev–Trinajstić information content (AvgIpc) is 2.94. The van der Waals surface area contributed by atoms with Gasteiger partial charge in [-0.05, 0) is 43.4 Å². The number of methoxy groups -OCH3 is 2. The molecule has 23 heavy (non-hydrogen) atoms. The third kappa shape index (κ3) is 3.44. The van der Waals surface area contributed by atoms with E-state index >= 15 is 0 Å². The molecule has 126 valence electrons. The van der Waals surface area contributed by atoms with Gasteiger partial charge >= 0.3 is 0 Å². The molecule has 1 saturated heterocycles. The van der Waals surface area contributed by atoms with Crippen LogP contribution < -0.4 is 4.74 Å². The number of hydrogen-bond acceptors (Lipinski definition) is 4. The van der Waals surface area contributed by atoms with Gasteiger partial charge < -0.3 is 14.6 Å². The number of ether oxygens (including phenoxy) is 2. The topological polar surface area (TPSA) is 41.9 Å². The molecule has 1 heterocycles. The highest BCUT2D eigenvalue weighted by Crippen LogP contribution is 2.42. The lowest BCUT2D eigenvalue weighted by Gasteiger charge is -2.42. The number of hydrogen-bond donors (Lipinski definition) is 1. The minimum absolute atomic E-state index is 0.0484. The molecule has 0 spiro atoms. The zero-order valence-corrected chi connectivity index (χ0v) is 14.1. The van der Waals surface area contributed by atoms with Crippen LogP contribution in [-0.2, 0) is 4.74 Å². The quantitative estimate of drug-likeness (QED) is 0.907. The molecule has 0 radical (unpaired) electrons. The van der Waals surface area contributed by atoms with E-state index in [9.17, 15) is 5.11 Å². The second kappa shape index (κ2) is 7.04. The van der Waals surface area contributed by atoms with Gasteiger partial charge in [0, 0.05) is 26.2 Å². The molecule has 1 aliphatic heterocycles. The van der Waals surface area contributed by atoms with Gasteiger partial charge in [0.25, 0.3) is 0 Å². The number of nitrogens with zero attached hydrogens (tertiary/aromatic N) is 1. The van der Waals surface area contributed by atoms with Crippen molar-refractivity contribution in [3.63, 3.8) is 0 Å². The Morgan fingerprint density at radius 3 is 2.74 bits per heavy atom. The monoisotopic (exact) mass is 317 g/mol. The van der Waals surface area contributed by atoms with Gasteiger partial charge in [0.05, 0.1) is 18.8 Å². The van der Waals surface area contributed by atoms with Crippen molar-refractivity contribution in [1.29, 1.82) is 0 Å². The summed E-state index contributed by atoms with van der Waals surface area (Å²) < 4.78 is 11.1. The minimum atomic E-state index is -0.186. The molecule has 1 aliphatic carbocycles. The molecule has 2 fully saturated rings. The maximum absolute atomic E-state index is 10.0. The number of likely N-dealkylation sites (tertiary alicyclic amines) is 1. The molecule has 4 heteroatoms. The average molecular weight is 317 g/mol. The zero-order chi connectivity index (χ0) is 16.3. The van der Waals surface area contributed by atoms with Crippen molar-refractivity contribution in [2.75, 3.05) is 27.3 Å². The highest BCUT2D eigenvalue weighted by Gasteiger charge is 2.50. The van der Waals surface area contributed by atoms with E-state index in [-0.39, 0.29) is 11.7 Å².